The molecule has 3 atom stereocenters. The molecule has 8 nitrogen and oxygen atoms in total. The van der Waals surface area contributed by atoms with Gasteiger partial charge < -0.3 is 14.5 Å². The highest BCUT2D eigenvalue weighted by atomic mass is 35.5. The highest BCUT2D eigenvalue weighted by Crippen LogP contribution is 2.48. The van der Waals surface area contributed by atoms with Crippen LogP contribution in [0.25, 0.3) is 22.0 Å². The van der Waals surface area contributed by atoms with Crippen molar-refractivity contribution in [1.29, 1.82) is 0 Å². The van der Waals surface area contributed by atoms with Crippen LogP contribution in [0, 0.1) is 5.82 Å². The first-order valence-corrected chi connectivity index (χ1v) is 14.8. The lowest BCUT2D eigenvalue weighted by molar-refractivity contribution is -0.128. The van der Waals surface area contributed by atoms with E-state index >= 15 is 4.39 Å². The number of halogens is 5. The van der Waals surface area contributed by atoms with Gasteiger partial charge in [-0.05, 0) is 44.2 Å². The van der Waals surface area contributed by atoms with Gasteiger partial charge in [-0.15, -0.1) is 0 Å². The average molecular weight is 637 g/mol. The number of amides is 1. The standard InChI is InChI=1S/C30H30Cl2F3N5O3/c1-4-24(41)38-11-17(3)39(12-16(38)2)28-21-10-22(32)25(20-9-18(31)5-6-23(20)33)27-26(21)40(29(42)36-28)19(14-43-27)13-37-8-7-30(34,35)15-37/h4-6,9-10,16-17,19H,1,7-8,11-15H2,2-3H3/t16-,17+,19+/m1/s1. The summed E-state index contributed by atoms with van der Waals surface area (Å²) in [6.45, 7) is 8.04. The molecule has 13 heteroatoms. The fourth-order valence-electron chi connectivity index (χ4n) is 6.46. The van der Waals surface area contributed by atoms with Gasteiger partial charge in [0.25, 0.3) is 5.92 Å². The maximum atomic E-state index is 15.2. The molecule has 2 aromatic carbocycles. The van der Waals surface area contributed by atoms with E-state index < -0.39 is 30.0 Å². The number of nitrogens with zero attached hydrogens (tertiary/aromatic N) is 5. The Hall–Kier alpha value is -3.28. The Morgan fingerprint density at radius 3 is 2.67 bits per heavy atom. The number of alkyl halides is 2. The molecule has 0 spiro atoms. The first-order valence-electron chi connectivity index (χ1n) is 14.1. The molecular formula is C30H30Cl2F3N5O3. The Morgan fingerprint density at radius 1 is 1.21 bits per heavy atom. The van der Waals surface area contributed by atoms with Crippen LogP contribution in [-0.4, -0.2) is 82.6 Å². The van der Waals surface area contributed by atoms with Crippen LogP contribution in [0.1, 0.15) is 26.3 Å². The SMILES string of the molecule is C=CC(=O)N1C[C@H](C)N(c2nc(=O)n3c4c(c(-c5cc(Cl)ccc5F)c(Cl)cc24)OC[C@@H]3CN2CCC(F)(F)C2)C[C@H]1C. The van der Waals surface area contributed by atoms with Crippen molar-refractivity contribution in [2.75, 3.05) is 44.2 Å². The first kappa shape index (κ1) is 29.8. The van der Waals surface area contributed by atoms with Crippen LogP contribution < -0.4 is 15.3 Å². The summed E-state index contributed by atoms with van der Waals surface area (Å²) >= 11 is 13.1. The number of benzene rings is 2. The number of aromatic nitrogens is 2. The first-order chi connectivity index (χ1) is 20.4. The average Bonchev–Trinajstić information content (AvgIpc) is 3.30. The maximum absolute atomic E-state index is 15.2. The summed E-state index contributed by atoms with van der Waals surface area (Å²) in [5, 5.41) is 0.937. The summed E-state index contributed by atoms with van der Waals surface area (Å²) in [5.41, 5.74) is 0.0871. The third-order valence-electron chi connectivity index (χ3n) is 8.51. The predicted octanol–water partition coefficient (Wildman–Crippen LogP) is 5.40. The fourth-order valence-corrected chi connectivity index (χ4v) is 6.93. The van der Waals surface area contributed by atoms with Gasteiger partial charge in [-0.2, -0.15) is 4.98 Å². The molecule has 1 aromatic heterocycles. The summed E-state index contributed by atoms with van der Waals surface area (Å²) in [6.07, 6.45) is 1.01. The number of carbonyl (C=O) groups excluding carboxylic acids is 1. The highest BCUT2D eigenvalue weighted by molar-refractivity contribution is 6.35. The van der Waals surface area contributed by atoms with Gasteiger partial charge in [0, 0.05) is 66.2 Å². The third-order valence-corrected chi connectivity index (χ3v) is 9.05. The molecule has 0 radical (unpaired) electrons. The number of anilines is 1. The lowest BCUT2D eigenvalue weighted by Gasteiger charge is -2.45. The van der Waals surface area contributed by atoms with Gasteiger partial charge >= 0.3 is 5.69 Å². The maximum Gasteiger partial charge on any atom is 0.350 e. The van der Waals surface area contributed by atoms with Gasteiger partial charge in [-0.3, -0.25) is 14.3 Å². The zero-order valence-corrected chi connectivity index (χ0v) is 25.1. The van der Waals surface area contributed by atoms with E-state index in [2.05, 4.69) is 11.6 Å². The van der Waals surface area contributed by atoms with Crippen LogP contribution in [0.5, 0.6) is 5.75 Å². The van der Waals surface area contributed by atoms with Crippen LogP contribution >= 0.6 is 23.2 Å². The molecule has 2 fully saturated rings. The monoisotopic (exact) mass is 635 g/mol. The van der Waals surface area contributed by atoms with Crippen molar-refractivity contribution in [1.82, 2.24) is 19.4 Å². The zero-order chi connectivity index (χ0) is 30.8. The fraction of sp³-hybridized carbons (Fsp3) is 0.433. The molecule has 228 valence electrons. The lowest BCUT2D eigenvalue weighted by atomic mass is 9.99. The normalized spacial score (nSPS) is 23.5. The van der Waals surface area contributed by atoms with Gasteiger partial charge in [-0.1, -0.05) is 29.8 Å². The van der Waals surface area contributed by atoms with Crippen molar-refractivity contribution >= 4 is 45.8 Å². The molecule has 2 saturated heterocycles. The van der Waals surface area contributed by atoms with E-state index in [1.165, 1.54) is 28.8 Å². The van der Waals surface area contributed by atoms with E-state index in [-0.39, 0.29) is 71.0 Å². The van der Waals surface area contributed by atoms with Crippen LogP contribution in [-0.2, 0) is 4.79 Å². The van der Waals surface area contributed by atoms with Crippen LogP contribution in [0.15, 0.2) is 41.7 Å². The summed E-state index contributed by atoms with van der Waals surface area (Å²) < 4.78 is 51.0. The number of hydrogen-bond donors (Lipinski definition) is 0. The van der Waals surface area contributed by atoms with Gasteiger partial charge in [-0.25, -0.2) is 18.0 Å². The van der Waals surface area contributed by atoms with E-state index in [9.17, 15) is 18.4 Å². The molecule has 0 saturated carbocycles. The highest BCUT2D eigenvalue weighted by Gasteiger charge is 2.41. The lowest BCUT2D eigenvalue weighted by Crippen LogP contribution is -2.58. The van der Waals surface area contributed by atoms with Crippen molar-refractivity contribution < 1.29 is 22.7 Å². The Balaban J connectivity index is 1.54. The van der Waals surface area contributed by atoms with Crippen molar-refractivity contribution in [2.24, 2.45) is 0 Å². The molecule has 0 aliphatic carbocycles. The number of hydrogen-bond acceptors (Lipinski definition) is 6. The molecular weight excluding hydrogens is 606 g/mol. The van der Waals surface area contributed by atoms with Gasteiger partial charge in [0.1, 0.15) is 18.2 Å². The molecule has 0 N–H and O–H groups in total. The minimum atomic E-state index is -2.80. The summed E-state index contributed by atoms with van der Waals surface area (Å²) in [6, 6.07) is 4.63. The van der Waals surface area contributed by atoms with Crippen molar-refractivity contribution in [3.63, 3.8) is 0 Å². The van der Waals surface area contributed by atoms with E-state index in [1.54, 1.807) is 15.9 Å². The molecule has 3 aliphatic rings. The Bertz CT molecular complexity index is 1700. The quantitative estimate of drug-likeness (QED) is 0.350. The van der Waals surface area contributed by atoms with Crippen molar-refractivity contribution in [3.05, 3.63) is 63.3 Å². The smallest absolute Gasteiger partial charge is 0.350 e. The molecule has 0 unspecified atom stereocenters. The number of carbonyl (C=O) groups is 1. The molecule has 6 rings (SSSR count). The molecule has 3 aromatic rings. The van der Waals surface area contributed by atoms with Crippen LogP contribution in [0.3, 0.4) is 0 Å². The molecule has 4 heterocycles. The van der Waals surface area contributed by atoms with E-state index in [0.717, 1.165) is 0 Å². The van der Waals surface area contributed by atoms with E-state index in [0.29, 0.717) is 29.8 Å². The predicted molar refractivity (Wildman–Crippen MR) is 160 cm³/mol. The number of piperazine rings is 1. The van der Waals surface area contributed by atoms with Crippen molar-refractivity contribution in [3.8, 4) is 16.9 Å². The second-order valence-electron chi connectivity index (χ2n) is 11.5. The van der Waals surface area contributed by atoms with Gasteiger partial charge in [0.15, 0.2) is 5.75 Å². The van der Waals surface area contributed by atoms with E-state index in [4.69, 9.17) is 27.9 Å². The van der Waals surface area contributed by atoms with Gasteiger partial charge in [0.2, 0.25) is 5.91 Å². The van der Waals surface area contributed by atoms with Crippen LogP contribution in [0.4, 0.5) is 19.0 Å². The Morgan fingerprint density at radius 2 is 1.98 bits per heavy atom. The molecule has 43 heavy (non-hydrogen) atoms. The van der Waals surface area contributed by atoms with Gasteiger partial charge in [0.05, 0.1) is 23.1 Å². The second kappa shape index (κ2) is 11.0. The summed E-state index contributed by atoms with van der Waals surface area (Å²) in [7, 11) is 0. The van der Waals surface area contributed by atoms with Crippen molar-refractivity contribution in [2.45, 2.75) is 44.3 Å². The second-order valence-corrected chi connectivity index (χ2v) is 12.4. The Kier molecular flexibility index (Phi) is 7.63. The zero-order valence-electron chi connectivity index (χ0n) is 23.6. The number of ether oxygens (including phenoxy) is 1. The molecule has 1 amide bonds. The van der Waals surface area contributed by atoms with Crippen LogP contribution in [0.2, 0.25) is 10.0 Å². The third kappa shape index (κ3) is 5.25. The largest absolute Gasteiger partial charge is 0.488 e. The van der Waals surface area contributed by atoms with E-state index in [1.807, 2.05) is 18.7 Å². The molecule has 3 aliphatic heterocycles. The Labute approximate surface area is 256 Å². The topological polar surface area (TPSA) is 70.9 Å². The number of likely N-dealkylation sites (tertiary alicyclic amines) is 1. The summed E-state index contributed by atoms with van der Waals surface area (Å²) in [5.74, 6) is -3.04. The molecule has 0 bridgehead atoms. The number of rotatable bonds is 5. The summed E-state index contributed by atoms with van der Waals surface area (Å²) in [4.78, 5) is 36.1. The minimum absolute atomic E-state index is 0.0313. The minimum Gasteiger partial charge on any atom is -0.488 e.